The van der Waals surface area contributed by atoms with E-state index in [-0.39, 0.29) is 0 Å². The molecule has 1 atom stereocenters. The minimum Gasteiger partial charge on any atom is -0.0683 e. The van der Waals surface area contributed by atoms with Crippen LogP contribution in [0.15, 0.2) is 0 Å². The summed E-state index contributed by atoms with van der Waals surface area (Å²) in [4.78, 5) is 0. The zero-order valence-corrected chi connectivity index (χ0v) is 9.35. The van der Waals surface area contributed by atoms with Crippen LogP contribution in [0, 0.1) is 23.2 Å². The summed E-state index contributed by atoms with van der Waals surface area (Å²) < 4.78 is 0. The normalized spacial score (nSPS) is 38.2. The third-order valence-corrected chi connectivity index (χ3v) is 3.54. The highest BCUT2D eigenvalue weighted by atomic mass is 14.5. The minimum atomic E-state index is 0.593. The van der Waals surface area contributed by atoms with Crippen LogP contribution in [0.2, 0.25) is 0 Å². The third kappa shape index (κ3) is 1.67. The molecule has 3 fully saturated rings. The average Bonchev–Trinajstić information content (AvgIpc) is 2.43. The smallest absolute Gasteiger partial charge is 0.0334 e. The zero-order valence-electron chi connectivity index (χ0n) is 9.35. The highest BCUT2D eigenvalue weighted by Gasteiger charge is 2.48. The predicted octanol–water partition coefficient (Wildman–Crippen LogP) is 4.10. The fraction of sp³-hybridized carbons (Fsp3) is 1.00. The maximum absolute atomic E-state index is 2.40. The Morgan fingerprint density at radius 1 is 0.917 bits per heavy atom. The molecule has 72 valence electrons. The molecule has 3 aliphatic rings. The first-order valence-electron chi connectivity index (χ1n) is 5.57. The van der Waals surface area contributed by atoms with Gasteiger partial charge in [-0.1, -0.05) is 34.6 Å². The molecule has 2 bridgehead atoms. The monoisotopic (exact) mass is 168 g/mol. The van der Waals surface area contributed by atoms with Gasteiger partial charge in [0, 0.05) is 0 Å². The quantitative estimate of drug-likeness (QED) is 0.511. The average molecular weight is 168 g/mol. The maximum Gasteiger partial charge on any atom is -0.0334 e. The van der Waals surface area contributed by atoms with Gasteiger partial charge in [-0.05, 0) is 42.4 Å². The van der Waals surface area contributed by atoms with Crippen molar-refractivity contribution in [1.82, 2.24) is 0 Å². The fourth-order valence-electron chi connectivity index (χ4n) is 2.92. The molecule has 0 aromatic rings. The first-order chi connectivity index (χ1) is 5.57. The summed E-state index contributed by atoms with van der Waals surface area (Å²) in [5.41, 5.74) is 0.593. The van der Waals surface area contributed by atoms with Gasteiger partial charge in [0.2, 0.25) is 0 Å². The SMILES string of the molecule is CC.CC(C)(C)C1CC2CC1C2. The zero-order chi connectivity index (χ0) is 9.35. The van der Waals surface area contributed by atoms with Gasteiger partial charge in [0.15, 0.2) is 0 Å². The molecule has 3 rings (SSSR count). The number of hydrogen-bond acceptors (Lipinski definition) is 0. The third-order valence-electron chi connectivity index (χ3n) is 3.54. The van der Waals surface area contributed by atoms with Crippen LogP contribution in [-0.4, -0.2) is 0 Å². The van der Waals surface area contributed by atoms with Crippen LogP contribution in [0.4, 0.5) is 0 Å². The van der Waals surface area contributed by atoms with E-state index in [1.165, 1.54) is 6.42 Å². The second-order valence-corrected chi connectivity index (χ2v) is 5.31. The van der Waals surface area contributed by atoms with Crippen LogP contribution in [0.25, 0.3) is 0 Å². The van der Waals surface area contributed by atoms with Gasteiger partial charge in [0.1, 0.15) is 0 Å². The van der Waals surface area contributed by atoms with Crippen LogP contribution < -0.4 is 0 Å². The van der Waals surface area contributed by atoms with E-state index >= 15 is 0 Å². The largest absolute Gasteiger partial charge is 0.0683 e. The summed E-state index contributed by atoms with van der Waals surface area (Å²) in [7, 11) is 0. The Labute approximate surface area is 77.7 Å². The highest BCUT2D eigenvalue weighted by molar-refractivity contribution is 4.98. The van der Waals surface area contributed by atoms with E-state index in [0.717, 1.165) is 17.8 Å². The Morgan fingerprint density at radius 3 is 1.58 bits per heavy atom. The lowest BCUT2D eigenvalue weighted by atomic mass is 9.73. The van der Waals surface area contributed by atoms with Crippen molar-refractivity contribution in [3.05, 3.63) is 0 Å². The van der Waals surface area contributed by atoms with Crippen molar-refractivity contribution in [3.8, 4) is 0 Å². The second-order valence-electron chi connectivity index (χ2n) is 5.31. The van der Waals surface area contributed by atoms with E-state index in [1.54, 1.807) is 12.8 Å². The van der Waals surface area contributed by atoms with Crippen molar-refractivity contribution in [1.29, 1.82) is 0 Å². The maximum atomic E-state index is 2.40. The summed E-state index contributed by atoms with van der Waals surface area (Å²) >= 11 is 0. The second kappa shape index (κ2) is 3.40. The molecule has 3 saturated carbocycles. The van der Waals surface area contributed by atoms with Gasteiger partial charge in [-0.3, -0.25) is 0 Å². The molecule has 0 aromatic carbocycles. The van der Waals surface area contributed by atoms with E-state index in [0.29, 0.717) is 5.41 Å². The Morgan fingerprint density at radius 2 is 1.42 bits per heavy atom. The van der Waals surface area contributed by atoms with Crippen LogP contribution >= 0.6 is 0 Å². The Balaban J connectivity index is 0.000000336. The molecule has 0 aliphatic heterocycles. The Bertz CT molecular complexity index is 135. The number of rotatable bonds is 0. The van der Waals surface area contributed by atoms with Gasteiger partial charge < -0.3 is 0 Å². The van der Waals surface area contributed by atoms with Crippen LogP contribution in [0.5, 0.6) is 0 Å². The Kier molecular flexibility index (Phi) is 2.85. The molecule has 12 heavy (non-hydrogen) atoms. The van der Waals surface area contributed by atoms with E-state index in [9.17, 15) is 0 Å². The molecule has 0 amide bonds. The standard InChI is InChI=1S/C10H18.C2H6/c1-10(2,3)9-6-7-4-8(9)5-7;1-2/h7-9H,4-6H2,1-3H3;1-2H3. The van der Waals surface area contributed by atoms with Crippen LogP contribution in [0.1, 0.15) is 53.9 Å². The fourth-order valence-corrected chi connectivity index (χ4v) is 2.92. The molecule has 0 heteroatoms. The summed E-state index contributed by atoms with van der Waals surface area (Å²) in [5, 5.41) is 0. The van der Waals surface area contributed by atoms with Crippen LogP contribution in [-0.2, 0) is 0 Å². The number of hydrogen-bond donors (Lipinski definition) is 0. The summed E-state index contributed by atoms with van der Waals surface area (Å²) in [6.45, 7) is 11.2. The van der Waals surface area contributed by atoms with Gasteiger partial charge in [-0.25, -0.2) is 0 Å². The molecule has 0 aromatic heterocycles. The van der Waals surface area contributed by atoms with Crippen molar-refractivity contribution in [2.75, 3.05) is 0 Å². The minimum absolute atomic E-state index is 0.593. The van der Waals surface area contributed by atoms with Crippen molar-refractivity contribution in [3.63, 3.8) is 0 Å². The number of fused-ring (bicyclic) bond motifs is 1. The lowest BCUT2D eigenvalue weighted by molar-refractivity contribution is 0.177. The molecular formula is C12H24. The van der Waals surface area contributed by atoms with E-state index in [1.807, 2.05) is 13.8 Å². The molecular weight excluding hydrogens is 144 g/mol. The van der Waals surface area contributed by atoms with E-state index in [4.69, 9.17) is 0 Å². The topological polar surface area (TPSA) is 0 Å². The molecule has 0 nitrogen and oxygen atoms in total. The van der Waals surface area contributed by atoms with Crippen molar-refractivity contribution in [2.45, 2.75) is 53.9 Å². The van der Waals surface area contributed by atoms with E-state index < -0.39 is 0 Å². The van der Waals surface area contributed by atoms with Gasteiger partial charge in [0.05, 0.1) is 0 Å². The Hall–Kier alpha value is 0. The summed E-state index contributed by atoms with van der Waals surface area (Å²) in [6, 6.07) is 0. The van der Waals surface area contributed by atoms with Crippen molar-refractivity contribution >= 4 is 0 Å². The highest BCUT2D eigenvalue weighted by Crippen LogP contribution is 2.57. The lowest BCUT2D eigenvalue weighted by Gasteiger charge is -2.32. The summed E-state index contributed by atoms with van der Waals surface area (Å²) in [5.74, 6) is 3.30. The lowest BCUT2D eigenvalue weighted by Crippen LogP contribution is -2.23. The predicted molar refractivity (Wildman–Crippen MR) is 55.1 cm³/mol. The first-order valence-corrected chi connectivity index (χ1v) is 5.57. The molecule has 0 heterocycles. The molecule has 1 unspecified atom stereocenters. The molecule has 0 N–H and O–H groups in total. The molecule has 0 radical (unpaired) electrons. The van der Waals surface area contributed by atoms with Gasteiger partial charge in [-0.15, -0.1) is 0 Å². The van der Waals surface area contributed by atoms with Crippen molar-refractivity contribution in [2.24, 2.45) is 23.2 Å². The molecule has 0 saturated heterocycles. The first kappa shape index (κ1) is 10.1. The molecule has 3 aliphatic carbocycles. The van der Waals surface area contributed by atoms with E-state index in [2.05, 4.69) is 20.8 Å². The molecule has 0 spiro atoms. The summed E-state index contributed by atoms with van der Waals surface area (Å²) in [6.07, 6.45) is 4.65. The van der Waals surface area contributed by atoms with Crippen LogP contribution in [0.3, 0.4) is 0 Å². The van der Waals surface area contributed by atoms with Crippen molar-refractivity contribution < 1.29 is 0 Å². The van der Waals surface area contributed by atoms with Gasteiger partial charge in [0.25, 0.3) is 0 Å². The van der Waals surface area contributed by atoms with Gasteiger partial charge in [-0.2, -0.15) is 0 Å². The van der Waals surface area contributed by atoms with Gasteiger partial charge >= 0.3 is 0 Å².